The molecule has 1 unspecified atom stereocenters. The Morgan fingerprint density at radius 1 is 1.43 bits per heavy atom. The number of carbonyl (C=O) groups is 2. The minimum absolute atomic E-state index is 0. The zero-order valence-electron chi connectivity index (χ0n) is 7.56. The molecule has 1 atom stereocenters. The molecule has 1 aliphatic heterocycles. The van der Waals surface area contributed by atoms with Crippen LogP contribution in [0, 0.1) is 5.92 Å². The van der Waals surface area contributed by atoms with Gasteiger partial charge in [-0.15, -0.1) is 0 Å². The fraction of sp³-hybridized carbons (Fsp3) is 0.667. The van der Waals surface area contributed by atoms with Gasteiger partial charge in [-0.05, 0) is 6.42 Å². The molecule has 0 aromatic heterocycles. The normalized spacial score (nSPS) is 21.6. The van der Waals surface area contributed by atoms with Gasteiger partial charge in [-0.1, -0.05) is 0 Å². The molecule has 14 heavy (non-hydrogen) atoms. The van der Waals surface area contributed by atoms with Crippen molar-refractivity contribution in [1.82, 2.24) is 0 Å². The van der Waals surface area contributed by atoms with Gasteiger partial charge in [0.1, 0.15) is 0 Å². The monoisotopic (exact) mass is 214 g/mol. The van der Waals surface area contributed by atoms with E-state index in [1.54, 1.807) is 0 Å². The molecule has 1 saturated heterocycles. The maximum atomic E-state index is 10.8. The molecule has 0 radical (unpaired) electrons. The van der Waals surface area contributed by atoms with Gasteiger partial charge in [-0.3, -0.25) is 9.59 Å². The molecule has 0 N–H and O–H groups in total. The Bertz CT molecular complexity index is 334. The van der Waals surface area contributed by atoms with Gasteiger partial charge in [0, 0.05) is 5.75 Å². The Labute approximate surface area is 92.9 Å². The number of hydrogen-bond acceptors (Lipinski definition) is 6. The number of rotatable bonds is 3. The van der Waals surface area contributed by atoms with Crippen LogP contribution < -0.4 is 18.9 Å². The third-order valence-electron chi connectivity index (χ3n) is 1.68. The molecular formula is C6H7LiO6S. The van der Waals surface area contributed by atoms with Crippen molar-refractivity contribution < 1.29 is 46.2 Å². The average Bonchev–Trinajstić information content (AvgIpc) is 2.24. The van der Waals surface area contributed by atoms with Crippen molar-refractivity contribution >= 4 is 22.1 Å². The van der Waals surface area contributed by atoms with Gasteiger partial charge < -0.3 is 9.29 Å². The Morgan fingerprint density at radius 3 is 2.36 bits per heavy atom. The molecule has 0 aliphatic carbocycles. The molecule has 0 amide bonds. The third kappa shape index (κ3) is 4.24. The Balaban J connectivity index is 0.00000169. The van der Waals surface area contributed by atoms with Gasteiger partial charge in [0.25, 0.3) is 0 Å². The second-order valence-electron chi connectivity index (χ2n) is 2.74. The second-order valence-corrected chi connectivity index (χ2v) is 4.27. The molecule has 6 nitrogen and oxygen atoms in total. The molecule has 1 heterocycles. The molecule has 0 spiro atoms. The van der Waals surface area contributed by atoms with Gasteiger partial charge in [0.2, 0.25) is 0 Å². The van der Waals surface area contributed by atoms with Gasteiger partial charge in [-0.25, -0.2) is 8.42 Å². The topological polar surface area (TPSA) is 101 Å². The van der Waals surface area contributed by atoms with E-state index >= 15 is 0 Å². The fourth-order valence-electron chi connectivity index (χ4n) is 1.03. The number of cyclic esters (lactones) is 2. The summed E-state index contributed by atoms with van der Waals surface area (Å²) in [6.45, 7) is 0. The molecule has 8 heteroatoms. The van der Waals surface area contributed by atoms with E-state index in [4.69, 9.17) is 0 Å². The summed E-state index contributed by atoms with van der Waals surface area (Å²) in [5.41, 5.74) is 0. The van der Waals surface area contributed by atoms with Gasteiger partial charge in [-0.2, -0.15) is 0 Å². The van der Waals surface area contributed by atoms with E-state index in [-0.39, 0.29) is 31.7 Å². The van der Waals surface area contributed by atoms with Crippen LogP contribution in [-0.4, -0.2) is 30.7 Å². The first kappa shape index (κ1) is 13.6. The summed E-state index contributed by atoms with van der Waals surface area (Å²) in [6, 6.07) is 0. The van der Waals surface area contributed by atoms with E-state index in [1.807, 2.05) is 0 Å². The summed E-state index contributed by atoms with van der Waals surface area (Å²) in [6.07, 6.45) is -0.273. The van der Waals surface area contributed by atoms with Crippen molar-refractivity contribution in [3.05, 3.63) is 0 Å². The first-order valence-corrected chi connectivity index (χ1v) is 5.14. The van der Waals surface area contributed by atoms with Gasteiger partial charge in [0.05, 0.1) is 22.5 Å². The summed E-state index contributed by atoms with van der Waals surface area (Å²) in [4.78, 5) is 21.3. The van der Waals surface area contributed by atoms with E-state index in [9.17, 15) is 22.6 Å². The minimum atomic E-state index is -4.32. The Hall–Kier alpha value is -0.353. The first-order valence-electron chi connectivity index (χ1n) is 3.56. The average molecular weight is 214 g/mol. The maximum Gasteiger partial charge on any atom is 1.00 e. The van der Waals surface area contributed by atoms with Crippen LogP contribution in [0.15, 0.2) is 0 Å². The van der Waals surface area contributed by atoms with Crippen LogP contribution in [0.1, 0.15) is 12.8 Å². The van der Waals surface area contributed by atoms with Crippen LogP contribution in [-0.2, 0) is 24.4 Å². The van der Waals surface area contributed by atoms with Crippen molar-refractivity contribution in [3.8, 4) is 0 Å². The quantitative estimate of drug-likeness (QED) is 0.205. The second kappa shape index (κ2) is 4.93. The Morgan fingerprint density at radius 2 is 2.00 bits per heavy atom. The Kier molecular flexibility index (Phi) is 4.81. The van der Waals surface area contributed by atoms with E-state index in [1.165, 1.54) is 0 Å². The third-order valence-corrected chi connectivity index (χ3v) is 2.41. The number of ether oxygens (including phenoxy) is 1. The summed E-state index contributed by atoms with van der Waals surface area (Å²) in [5.74, 6) is -2.82. The number of carbonyl (C=O) groups excluding carboxylic acids is 2. The number of hydrogen-bond donors (Lipinski definition) is 0. The largest absolute Gasteiger partial charge is 1.00 e. The predicted octanol–water partition coefficient (Wildman–Crippen LogP) is -3.98. The van der Waals surface area contributed by atoms with Crippen LogP contribution in [0.2, 0.25) is 0 Å². The minimum Gasteiger partial charge on any atom is -0.748 e. The van der Waals surface area contributed by atoms with Gasteiger partial charge >= 0.3 is 30.8 Å². The van der Waals surface area contributed by atoms with E-state index in [0.29, 0.717) is 0 Å². The van der Waals surface area contributed by atoms with Crippen molar-refractivity contribution in [2.24, 2.45) is 5.92 Å². The van der Waals surface area contributed by atoms with Gasteiger partial charge in [0.15, 0.2) is 0 Å². The zero-order chi connectivity index (χ0) is 10.1. The summed E-state index contributed by atoms with van der Waals surface area (Å²) >= 11 is 0. The van der Waals surface area contributed by atoms with Crippen molar-refractivity contribution in [3.63, 3.8) is 0 Å². The molecule has 1 fully saturated rings. The zero-order valence-corrected chi connectivity index (χ0v) is 8.37. The van der Waals surface area contributed by atoms with E-state index in [2.05, 4.69) is 4.74 Å². The fourth-order valence-corrected chi connectivity index (χ4v) is 1.60. The summed E-state index contributed by atoms with van der Waals surface area (Å²) in [7, 11) is -4.32. The molecule has 0 aromatic carbocycles. The molecule has 0 bridgehead atoms. The van der Waals surface area contributed by atoms with Crippen LogP contribution in [0.3, 0.4) is 0 Å². The van der Waals surface area contributed by atoms with Crippen molar-refractivity contribution in [2.45, 2.75) is 12.8 Å². The molecule has 74 valence electrons. The molecule has 1 aliphatic rings. The molecule has 1 rings (SSSR count). The van der Waals surface area contributed by atoms with Crippen LogP contribution in [0.4, 0.5) is 0 Å². The van der Waals surface area contributed by atoms with Crippen LogP contribution in [0.25, 0.3) is 0 Å². The predicted molar refractivity (Wildman–Crippen MR) is 38.4 cm³/mol. The molecule has 0 aromatic rings. The summed E-state index contributed by atoms with van der Waals surface area (Å²) in [5, 5.41) is 0. The number of esters is 2. The SMILES string of the molecule is O=C1CC(CCS(=O)(=O)[O-])C(=O)O1.[Li+]. The van der Waals surface area contributed by atoms with Crippen LogP contribution in [0.5, 0.6) is 0 Å². The van der Waals surface area contributed by atoms with Crippen LogP contribution >= 0.6 is 0 Å². The van der Waals surface area contributed by atoms with Crippen molar-refractivity contribution in [2.75, 3.05) is 5.75 Å². The van der Waals surface area contributed by atoms with E-state index < -0.39 is 33.7 Å². The van der Waals surface area contributed by atoms with E-state index in [0.717, 1.165) is 0 Å². The maximum absolute atomic E-state index is 10.8. The van der Waals surface area contributed by atoms with Crippen molar-refractivity contribution in [1.29, 1.82) is 0 Å². The smallest absolute Gasteiger partial charge is 0.748 e. The molecular weight excluding hydrogens is 207 g/mol. The first-order chi connectivity index (χ1) is 5.88. The molecule has 0 saturated carbocycles. The standard InChI is InChI=1S/C6H8O6S.Li/c7-5-3-4(6(8)12-5)1-2-13(9,10)11;/h4H,1-3H2,(H,9,10,11);/q;+1/p-1. The summed E-state index contributed by atoms with van der Waals surface area (Å²) < 4.78 is 34.7.